The number of alkyl halides is 3. The number of ether oxygens (including phenoxy) is 1. The van der Waals surface area contributed by atoms with Gasteiger partial charge in [-0.3, -0.25) is 14.4 Å². The minimum atomic E-state index is -4.64. The molecule has 0 radical (unpaired) electrons. The van der Waals surface area contributed by atoms with Crippen LogP contribution in [0, 0.1) is 0 Å². The van der Waals surface area contributed by atoms with E-state index >= 15 is 0 Å². The molecular formula is C13H19F3N4O2. The van der Waals surface area contributed by atoms with Crippen molar-refractivity contribution in [1.29, 1.82) is 0 Å². The van der Waals surface area contributed by atoms with Crippen molar-refractivity contribution in [1.82, 2.24) is 20.0 Å². The molecule has 0 aromatic carbocycles. The van der Waals surface area contributed by atoms with Gasteiger partial charge >= 0.3 is 6.18 Å². The number of morpholine rings is 1. The molecule has 0 bridgehead atoms. The van der Waals surface area contributed by atoms with Gasteiger partial charge in [0.05, 0.1) is 18.8 Å². The summed E-state index contributed by atoms with van der Waals surface area (Å²) in [6.45, 7) is 4.17. The van der Waals surface area contributed by atoms with E-state index < -0.39 is 23.3 Å². The standard InChI is InChI=1S/C13H19F3N4O2/c1-19-9-10(11(18-19)13(14,15)16)12(21)17-3-2-4-20-5-7-22-8-6-20/h9H,2-8H2,1H3,(H,17,21). The second-order valence-electron chi connectivity index (χ2n) is 5.13. The molecule has 1 saturated heterocycles. The van der Waals surface area contributed by atoms with Crippen LogP contribution >= 0.6 is 0 Å². The number of hydrogen-bond donors (Lipinski definition) is 1. The maximum atomic E-state index is 12.8. The molecule has 0 spiro atoms. The van der Waals surface area contributed by atoms with Crippen molar-refractivity contribution in [3.63, 3.8) is 0 Å². The maximum Gasteiger partial charge on any atom is 0.435 e. The van der Waals surface area contributed by atoms with Crippen molar-refractivity contribution in [2.75, 3.05) is 39.4 Å². The Morgan fingerprint density at radius 3 is 2.73 bits per heavy atom. The lowest BCUT2D eigenvalue weighted by Gasteiger charge is -2.26. The van der Waals surface area contributed by atoms with E-state index in [0.29, 0.717) is 26.2 Å². The van der Waals surface area contributed by atoms with Gasteiger partial charge in [-0.2, -0.15) is 18.3 Å². The van der Waals surface area contributed by atoms with Crippen LogP contribution in [0.25, 0.3) is 0 Å². The second-order valence-corrected chi connectivity index (χ2v) is 5.13. The molecule has 1 aliphatic heterocycles. The molecule has 1 aliphatic rings. The van der Waals surface area contributed by atoms with Crippen molar-refractivity contribution in [3.8, 4) is 0 Å². The Labute approximate surface area is 126 Å². The predicted octanol–water partition coefficient (Wildman–Crippen LogP) is 0.891. The van der Waals surface area contributed by atoms with Gasteiger partial charge in [0.15, 0.2) is 5.69 Å². The molecule has 1 fully saturated rings. The normalized spacial score (nSPS) is 16.7. The molecule has 2 heterocycles. The molecule has 1 aromatic heterocycles. The zero-order valence-corrected chi connectivity index (χ0v) is 12.3. The van der Waals surface area contributed by atoms with Gasteiger partial charge < -0.3 is 10.1 Å². The molecule has 0 saturated carbocycles. The Morgan fingerprint density at radius 1 is 1.41 bits per heavy atom. The van der Waals surface area contributed by atoms with E-state index in [1.54, 1.807) is 0 Å². The summed E-state index contributed by atoms with van der Waals surface area (Å²) in [4.78, 5) is 14.1. The number of amides is 1. The first-order valence-electron chi connectivity index (χ1n) is 7.07. The van der Waals surface area contributed by atoms with Crippen molar-refractivity contribution < 1.29 is 22.7 Å². The highest BCUT2D eigenvalue weighted by atomic mass is 19.4. The largest absolute Gasteiger partial charge is 0.435 e. The van der Waals surface area contributed by atoms with Crippen LogP contribution < -0.4 is 5.32 Å². The van der Waals surface area contributed by atoms with Gasteiger partial charge in [0.25, 0.3) is 5.91 Å². The summed E-state index contributed by atoms with van der Waals surface area (Å²) in [6, 6.07) is 0. The quantitative estimate of drug-likeness (QED) is 0.819. The molecule has 2 rings (SSSR count). The van der Waals surface area contributed by atoms with E-state index in [4.69, 9.17) is 4.74 Å². The molecule has 0 unspecified atom stereocenters. The zero-order chi connectivity index (χ0) is 16.2. The highest BCUT2D eigenvalue weighted by Gasteiger charge is 2.38. The van der Waals surface area contributed by atoms with E-state index in [0.717, 1.165) is 30.5 Å². The number of carbonyl (C=O) groups is 1. The first-order valence-corrected chi connectivity index (χ1v) is 7.07. The van der Waals surface area contributed by atoms with Crippen LogP contribution in [-0.2, 0) is 18.0 Å². The minimum absolute atomic E-state index is 0.322. The Kier molecular flexibility index (Phi) is 5.41. The topological polar surface area (TPSA) is 59.4 Å². The molecular weight excluding hydrogens is 301 g/mol. The molecule has 6 nitrogen and oxygen atoms in total. The van der Waals surface area contributed by atoms with Crippen LogP contribution in [0.3, 0.4) is 0 Å². The van der Waals surface area contributed by atoms with Gasteiger partial charge in [0.1, 0.15) is 0 Å². The summed E-state index contributed by atoms with van der Waals surface area (Å²) in [5.41, 5.74) is -1.60. The Hall–Kier alpha value is -1.61. The monoisotopic (exact) mass is 320 g/mol. The van der Waals surface area contributed by atoms with E-state index in [2.05, 4.69) is 15.3 Å². The number of aryl methyl sites for hydroxylation is 1. The van der Waals surface area contributed by atoms with Gasteiger partial charge in [-0.25, -0.2) is 0 Å². The first-order chi connectivity index (χ1) is 10.4. The van der Waals surface area contributed by atoms with Crippen LogP contribution in [-0.4, -0.2) is 60.0 Å². The number of nitrogens with zero attached hydrogens (tertiary/aromatic N) is 3. The Balaban J connectivity index is 1.82. The fourth-order valence-electron chi connectivity index (χ4n) is 2.29. The summed E-state index contributed by atoms with van der Waals surface area (Å²) in [5, 5.41) is 5.83. The molecule has 0 atom stereocenters. The summed E-state index contributed by atoms with van der Waals surface area (Å²) in [7, 11) is 1.35. The van der Waals surface area contributed by atoms with Crippen LogP contribution in [0.4, 0.5) is 13.2 Å². The lowest BCUT2D eigenvalue weighted by molar-refractivity contribution is -0.141. The van der Waals surface area contributed by atoms with Gasteiger partial charge in [-0.05, 0) is 13.0 Å². The number of hydrogen-bond acceptors (Lipinski definition) is 4. The minimum Gasteiger partial charge on any atom is -0.379 e. The molecule has 1 amide bonds. The SMILES string of the molecule is Cn1cc(C(=O)NCCCN2CCOCC2)c(C(F)(F)F)n1. The van der Waals surface area contributed by atoms with E-state index in [9.17, 15) is 18.0 Å². The van der Waals surface area contributed by atoms with E-state index in [1.807, 2.05) is 0 Å². The van der Waals surface area contributed by atoms with E-state index in [-0.39, 0.29) is 0 Å². The van der Waals surface area contributed by atoms with Crippen molar-refractivity contribution in [2.24, 2.45) is 7.05 Å². The number of carbonyl (C=O) groups excluding carboxylic acids is 1. The summed E-state index contributed by atoms with van der Waals surface area (Å²) >= 11 is 0. The second kappa shape index (κ2) is 7.10. The van der Waals surface area contributed by atoms with Gasteiger partial charge in [-0.15, -0.1) is 0 Å². The average molecular weight is 320 g/mol. The maximum absolute atomic E-state index is 12.8. The third-order valence-corrected chi connectivity index (χ3v) is 3.38. The van der Waals surface area contributed by atoms with Crippen molar-refractivity contribution >= 4 is 5.91 Å². The Bertz CT molecular complexity index is 510. The van der Waals surface area contributed by atoms with Gasteiger partial charge in [0.2, 0.25) is 0 Å². The fraction of sp³-hybridized carbons (Fsp3) is 0.692. The lowest BCUT2D eigenvalue weighted by Crippen LogP contribution is -2.38. The number of nitrogens with one attached hydrogen (secondary N) is 1. The molecule has 124 valence electrons. The smallest absolute Gasteiger partial charge is 0.379 e. The van der Waals surface area contributed by atoms with E-state index in [1.165, 1.54) is 7.05 Å². The fourth-order valence-corrected chi connectivity index (χ4v) is 2.29. The molecule has 9 heteroatoms. The molecule has 1 N–H and O–H groups in total. The number of aromatic nitrogens is 2. The predicted molar refractivity (Wildman–Crippen MR) is 72.4 cm³/mol. The first kappa shape index (κ1) is 16.8. The van der Waals surface area contributed by atoms with Crippen LogP contribution in [0.15, 0.2) is 6.20 Å². The van der Waals surface area contributed by atoms with Crippen LogP contribution in [0.2, 0.25) is 0 Å². The third-order valence-electron chi connectivity index (χ3n) is 3.38. The van der Waals surface area contributed by atoms with Crippen molar-refractivity contribution in [2.45, 2.75) is 12.6 Å². The van der Waals surface area contributed by atoms with Gasteiger partial charge in [0, 0.05) is 32.9 Å². The summed E-state index contributed by atoms with van der Waals surface area (Å²) in [5.74, 6) is -0.748. The number of halogens is 3. The highest BCUT2D eigenvalue weighted by molar-refractivity contribution is 5.95. The van der Waals surface area contributed by atoms with Gasteiger partial charge in [-0.1, -0.05) is 0 Å². The average Bonchev–Trinajstić information content (AvgIpc) is 2.87. The summed E-state index contributed by atoms with van der Waals surface area (Å²) < 4.78 is 44.6. The van der Waals surface area contributed by atoms with Crippen molar-refractivity contribution in [3.05, 3.63) is 17.5 Å². The summed E-state index contributed by atoms with van der Waals surface area (Å²) in [6.07, 6.45) is -2.88. The lowest BCUT2D eigenvalue weighted by atomic mass is 10.2. The third kappa shape index (κ3) is 4.44. The molecule has 22 heavy (non-hydrogen) atoms. The molecule has 1 aromatic rings. The number of rotatable bonds is 5. The zero-order valence-electron chi connectivity index (χ0n) is 12.3. The Morgan fingerprint density at radius 2 is 2.09 bits per heavy atom. The highest BCUT2D eigenvalue weighted by Crippen LogP contribution is 2.30. The molecule has 0 aliphatic carbocycles. The van der Waals surface area contributed by atoms with Crippen LogP contribution in [0.1, 0.15) is 22.5 Å². The van der Waals surface area contributed by atoms with Crippen LogP contribution in [0.5, 0.6) is 0 Å².